The van der Waals surface area contributed by atoms with Gasteiger partial charge in [-0.2, -0.15) is 0 Å². The van der Waals surface area contributed by atoms with Crippen LogP contribution in [-0.4, -0.2) is 27.8 Å². The zero-order valence-electron chi connectivity index (χ0n) is 6.20. The Morgan fingerprint density at radius 3 is 2.92 bits per heavy atom. The molecule has 0 aliphatic carbocycles. The molecule has 64 valence electrons. The second-order valence-corrected chi connectivity index (χ2v) is 1.95. The van der Waals surface area contributed by atoms with Gasteiger partial charge < -0.3 is 15.4 Å². The second-order valence-electron chi connectivity index (χ2n) is 1.95. The second kappa shape index (κ2) is 2.99. The Hall–Kier alpha value is -1.92. The van der Waals surface area contributed by atoms with Gasteiger partial charge in [0.05, 0.1) is 0 Å². The number of carbonyl (C=O) groups is 1. The molecule has 0 aliphatic heterocycles. The van der Waals surface area contributed by atoms with Crippen LogP contribution in [0.2, 0.25) is 0 Å². The van der Waals surface area contributed by atoms with E-state index in [0.717, 1.165) is 6.20 Å². The molecular formula is C5H6N4O3. The van der Waals surface area contributed by atoms with Gasteiger partial charge in [-0.3, -0.25) is 4.79 Å². The fourth-order valence-electron chi connectivity index (χ4n) is 0.638. The molecule has 0 aromatic carbocycles. The van der Waals surface area contributed by atoms with Gasteiger partial charge in [0, 0.05) is 7.05 Å². The number of amides is 1. The molecule has 0 bridgehead atoms. The first kappa shape index (κ1) is 8.18. The summed E-state index contributed by atoms with van der Waals surface area (Å²) in [5.74, 6) is -0.846. The molecule has 0 aliphatic rings. The molecule has 7 nitrogen and oxygen atoms in total. The summed E-state index contributed by atoms with van der Waals surface area (Å²) >= 11 is 0. The van der Waals surface area contributed by atoms with Crippen molar-refractivity contribution in [1.29, 1.82) is 0 Å². The normalized spacial score (nSPS) is 9.42. The first-order chi connectivity index (χ1) is 5.65. The van der Waals surface area contributed by atoms with Crippen LogP contribution in [0.15, 0.2) is 6.20 Å². The van der Waals surface area contributed by atoms with Gasteiger partial charge in [0.25, 0.3) is 5.82 Å². The molecule has 0 radical (unpaired) electrons. The average molecular weight is 170 g/mol. The number of rotatable bonds is 2. The molecule has 0 saturated carbocycles. The molecule has 1 aromatic rings. The van der Waals surface area contributed by atoms with E-state index in [1.807, 2.05) is 0 Å². The van der Waals surface area contributed by atoms with E-state index in [4.69, 9.17) is 0 Å². The lowest BCUT2D eigenvalue weighted by atomic mass is 10.6. The third-order valence-corrected chi connectivity index (χ3v) is 1.20. The lowest BCUT2D eigenvalue weighted by Crippen LogP contribution is -2.19. The lowest BCUT2D eigenvalue weighted by molar-refractivity contribution is -0.389. The minimum absolute atomic E-state index is 0.0656. The Labute approximate surface area is 67.0 Å². The average Bonchev–Trinajstić information content (AvgIpc) is 2.51. The highest BCUT2D eigenvalue weighted by molar-refractivity contribution is 5.90. The Morgan fingerprint density at radius 1 is 1.83 bits per heavy atom. The smallest absolute Gasteiger partial charge is 0.341 e. The maximum atomic E-state index is 10.8. The predicted molar refractivity (Wildman–Crippen MR) is 38.6 cm³/mol. The Morgan fingerprint density at radius 2 is 2.50 bits per heavy atom. The number of hydrogen-bond donors (Lipinski definition) is 2. The van der Waals surface area contributed by atoms with Crippen LogP contribution in [0.4, 0.5) is 5.82 Å². The highest BCUT2D eigenvalue weighted by Crippen LogP contribution is 2.05. The van der Waals surface area contributed by atoms with Crippen LogP contribution in [0, 0.1) is 10.1 Å². The zero-order valence-corrected chi connectivity index (χ0v) is 6.20. The van der Waals surface area contributed by atoms with E-state index < -0.39 is 10.8 Å². The summed E-state index contributed by atoms with van der Waals surface area (Å²) in [5.41, 5.74) is 0. The Balaban J connectivity index is 2.91. The molecule has 0 unspecified atom stereocenters. The number of nitrogens with zero attached hydrogens (tertiary/aromatic N) is 2. The summed E-state index contributed by atoms with van der Waals surface area (Å²) in [4.78, 5) is 26.0. The number of aromatic nitrogens is 2. The maximum absolute atomic E-state index is 10.8. The van der Waals surface area contributed by atoms with Crippen molar-refractivity contribution in [3.05, 3.63) is 22.1 Å². The van der Waals surface area contributed by atoms with Crippen molar-refractivity contribution < 1.29 is 9.72 Å². The SMILES string of the molecule is CNC(=O)c1ncc([N+](=O)[O-])[nH]1. The summed E-state index contributed by atoms with van der Waals surface area (Å²) in [6, 6.07) is 0. The Bertz CT molecular complexity index is 318. The first-order valence-electron chi connectivity index (χ1n) is 3.06. The molecule has 0 fully saturated rings. The van der Waals surface area contributed by atoms with E-state index >= 15 is 0 Å². The van der Waals surface area contributed by atoms with E-state index in [1.54, 1.807) is 0 Å². The summed E-state index contributed by atoms with van der Waals surface area (Å²) in [7, 11) is 1.41. The van der Waals surface area contributed by atoms with Crippen LogP contribution in [0.25, 0.3) is 0 Å². The molecule has 1 rings (SSSR count). The molecular weight excluding hydrogens is 164 g/mol. The first-order valence-corrected chi connectivity index (χ1v) is 3.06. The molecule has 12 heavy (non-hydrogen) atoms. The summed E-state index contributed by atoms with van der Waals surface area (Å²) < 4.78 is 0. The zero-order chi connectivity index (χ0) is 9.14. The highest BCUT2D eigenvalue weighted by atomic mass is 16.6. The van der Waals surface area contributed by atoms with E-state index in [-0.39, 0.29) is 11.6 Å². The van der Waals surface area contributed by atoms with Crippen LogP contribution >= 0.6 is 0 Å². The topological polar surface area (TPSA) is 101 Å². The maximum Gasteiger partial charge on any atom is 0.341 e. The van der Waals surface area contributed by atoms with Crippen molar-refractivity contribution in [1.82, 2.24) is 15.3 Å². The third kappa shape index (κ3) is 1.39. The van der Waals surface area contributed by atoms with Gasteiger partial charge in [-0.25, -0.2) is 9.97 Å². The van der Waals surface area contributed by atoms with Gasteiger partial charge in [0.15, 0.2) is 0 Å². The highest BCUT2D eigenvalue weighted by Gasteiger charge is 2.15. The Kier molecular flexibility index (Phi) is 2.04. The lowest BCUT2D eigenvalue weighted by Gasteiger charge is -1.88. The van der Waals surface area contributed by atoms with Crippen molar-refractivity contribution in [3.8, 4) is 0 Å². The van der Waals surface area contributed by atoms with E-state index in [0.29, 0.717) is 0 Å². The molecule has 0 atom stereocenters. The fraction of sp³-hybridized carbons (Fsp3) is 0.200. The van der Waals surface area contributed by atoms with Gasteiger partial charge in [0.1, 0.15) is 6.20 Å². The number of nitrogens with one attached hydrogen (secondary N) is 2. The van der Waals surface area contributed by atoms with Gasteiger partial charge in [-0.05, 0) is 4.92 Å². The van der Waals surface area contributed by atoms with E-state index in [9.17, 15) is 14.9 Å². The molecule has 0 spiro atoms. The number of carbonyl (C=O) groups excluding carboxylic acids is 1. The number of aromatic amines is 1. The van der Waals surface area contributed by atoms with Crippen LogP contribution < -0.4 is 5.32 Å². The summed E-state index contributed by atoms with van der Waals surface area (Å²) in [6.45, 7) is 0. The number of hydrogen-bond acceptors (Lipinski definition) is 4. The molecule has 0 saturated heterocycles. The molecule has 1 aromatic heterocycles. The minimum atomic E-state index is -0.653. The minimum Gasteiger partial charge on any atom is -0.358 e. The van der Waals surface area contributed by atoms with E-state index in [2.05, 4.69) is 15.3 Å². The number of H-pyrrole nitrogens is 1. The molecule has 1 amide bonds. The van der Waals surface area contributed by atoms with Crippen molar-refractivity contribution in [2.24, 2.45) is 0 Å². The van der Waals surface area contributed by atoms with Crippen molar-refractivity contribution in [2.45, 2.75) is 0 Å². The summed E-state index contributed by atoms with van der Waals surface area (Å²) in [5, 5.41) is 12.4. The molecule has 7 heteroatoms. The number of imidazole rings is 1. The molecule has 1 heterocycles. The van der Waals surface area contributed by atoms with Crippen LogP contribution in [0.5, 0.6) is 0 Å². The largest absolute Gasteiger partial charge is 0.358 e. The van der Waals surface area contributed by atoms with Crippen molar-refractivity contribution in [3.63, 3.8) is 0 Å². The van der Waals surface area contributed by atoms with E-state index in [1.165, 1.54) is 7.05 Å². The van der Waals surface area contributed by atoms with Crippen LogP contribution in [-0.2, 0) is 0 Å². The summed E-state index contributed by atoms with van der Waals surface area (Å²) in [6.07, 6.45) is 0.991. The van der Waals surface area contributed by atoms with Crippen LogP contribution in [0.3, 0.4) is 0 Å². The quantitative estimate of drug-likeness (QED) is 0.469. The van der Waals surface area contributed by atoms with Gasteiger partial charge in [-0.15, -0.1) is 0 Å². The van der Waals surface area contributed by atoms with Crippen molar-refractivity contribution in [2.75, 3.05) is 7.05 Å². The van der Waals surface area contributed by atoms with Crippen LogP contribution in [0.1, 0.15) is 10.6 Å². The molecule has 2 N–H and O–H groups in total. The van der Waals surface area contributed by atoms with Crippen molar-refractivity contribution >= 4 is 11.7 Å². The number of nitro groups is 1. The monoisotopic (exact) mass is 170 g/mol. The van der Waals surface area contributed by atoms with Gasteiger partial charge in [-0.1, -0.05) is 0 Å². The van der Waals surface area contributed by atoms with Gasteiger partial charge in [0.2, 0.25) is 0 Å². The standard InChI is InChI=1S/C5H6N4O3/c1-6-5(10)4-7-2-3(8-4)9(11)12/h2H,1H3,(H,6,10)(H,7,8). The third-order valence-electron chi connectivity index (χ3n) is 1.20. The predicted octanol–water partition coefficient (Wildman–Crippen LogP) is -0.323. The van der Waals surface area contributed by atoms with Gasteiger partial charge >= 0.3 is 11.7 Å². The fourth-order valence-corrected chi connectivity index (χ4v) is 0.638.